The second-order valence-corrected chi connectivity index (χ2v) is 9.62. The highest BCUT2D eigenvalue weighted by molar-refractivity contribution is 5.82. The Morgan fingerprint density at radius 1 is 1.34 bits per heavy atom. The van der Waals surface area contributed by atoms with Crippen LogP contribution in [0.4, 0.5) is 0 Å². The van der Waals surface area contributed by atoms with E-state index >= 15 is 0 Å². The Hall–Kier alpha value is -1.79. The number of nitrogens with zero attached hydrogens (tertiary/aromatic N) is 1. The lowest BCUT2D eigenvalue weighted by Gasteiger charge is -2.53. The summed E-state index contributed by atoms with van der Waals surface area (Å²) in [5.41, 5.74) is 6.83. The fourth-order valence-corrected chi connectivity index (χ4v) is 5.15. The summed E-state index contributed by atoms with van der Waals surface area (Å²) < 4.78 is 18.7. The molecule has 0 unspecified atom stereocenters. The predicted molar refractivity (Wildman–Crippen MR) is 111 cm³/mol. The van der Waals surface area contributed by atoms with Crippen LogP contribution >= 0.6 is 0 Å². The second-order valence-electron chi connectivity index (χ2n) is 9.62. The van der Waals surface area contributed by atoms with E-state index < -0.39 is 6.04 Å². The van der Waals surface area contributed by atoms with E-state index in [2.05, 4.69) is 19.9 Å². The molecule has 0 saturated carbocycles. The van der Waals surface area contributed by atoms with Crippen LogP contribution in [0.15, 0.2) is 18.2 Å². The first-order valence-electron chi connectivity index (χ1n) is 10.8. The van der Waals surface area contributed by atoms with E-state index in [9.17, 15) is 4.79 Å². The van der Waals surface area contributed by atoms with E-state index in [0.717, 1.165) is 29.9 Å². The molecule has 2 fully saturated rings. The number of nitrogens with two attached hydrogens (primary N) is 1. The van der Waals surface area contributed by atoms with Crippen LogP contribution in [-0.2, 0) is 9.53 Å². The van der Waals surface area contributed by atoms with Crippen molar-refractivity contribution < 1.29 is 19.0 Å². The van der Waals surface area contributed by atoms with Gasteiger partial charge >= 0.3 is 0 Å². The van der Waals surface area contributed by atoms with E-state index in [1.54, 1.807) is 7.11 Å². The van der Waals surface area contributed by atoms with Gasteiger partial charge in [0.25, 0.3) is 0 Å². The van der Waals surface area contributed by atoms with Crippen LogP contribution in [0.3, 0.4) is 0 Å². The minimum absolute atomic E-state index is 0.00901. The molecule has 29 heavy (non-hydrogen) atoms. The molecule has 3 heterocycles. The second kappa shape index (κ2) is 7.47. The summed E-state index contributed by atoms with van der Waals surface area (Å²) in [6.07, 6.45) is 1.97. The summed E-state index contributed by atoms with van der Waals surface area (Å²) in [6.45, 7) is 9.68. The number of piperidine rings is 1. The first-order valence-corrected chi connectivity index (χ1v) is 10.8. The van der Waals surface area contributed by atoms with Gasteiger partial charge in [0.05, 0.1) is 25.4 Å². The van der Waals surface area contributed by atoms with Gasteiger partial charge in [-0.25, -0.2) is 0 Å². The maximum Gasteiger partial charge on any atom is 0.239 e. The number of hydrogen-bond donors (Lipinski definition) is 1. The molecule has 3 aliphatic heterocycles. The van der Waals surface area contributed by atoms with Gasteiger partial charge in [-0.15, -0.1) is 0 Å². The Kier molecular flexibility index (Phi) is 5.28. The van der Waals surface area contributed by atoms with E-state index in [1.165, 1.54) is 0 Å². The maximum absolute atomic E-state index is 12.8. The molecule has 2 saturated heterocycles. The van der Waals surface area contributed by atoms with Crippen molar-refractivity contribution in [2.75, 3.05) is 20.2 Å². The molecule has 0 spiro atoms. The monoisotopic (exact) mass is 402 g/mol. The normalized spacial score (nSPS) is 31.2. The number of methoxy groups -OCH3 is 1. The van der Waals surface area contributed by atoms with Crippen LogP contribution in [0, 0.1) is 17.8 Å². The highest BCUT2D eigenvalue weighted by Gasteiger charge is 2.52. The van der Waals surface area contributed by atoms with Gasteiger partial charge in [-0.3, -0.25) is 4.79 Å². The van der Waals surface area contributed by atoms with Gasteiger partial charge in [-0.2, -0.15) is 0 Å². The van der Waals surface area contributed by atoms with Crippen LogP contribution in [0.5, 0.6) is 11.5 Å². The van der Waals surface area contributed by atoms with Crippen molar-refractivity contribution in [3.8, 4) is 11.5 Å². The number of rotatable bonds is 3. The van der Waals surface area contributed by atoms with Gasteiger partial charge < -0.3 is 24.8 Å². The molecule has 1 aromatic rings. The van der Waals surface area contributed by atoms with Crippen molar-refractivity contribution in [1.29, 1.82) is 0 Å². The summed E-state index contributed by atoms with van der Waals surface area (Å²) in [5.74, 6) is 2.29. The number of carbonyl (C=O) groups is 1. The summed E-state index contributed by atoms with van der Waals surface area (Å²) in [5, 5.41) is 0. The van der Waals surface area contributed by atoms with Gasteiger partial charge in [0.15, 0.2) is 11.5 Å². The van der Waals surface area contributed by atoms with Gasteiger partial charge in [0.2, 0.25) is 5.91 Å². The zero-order valence-electron chi connectivity index (χ0n) is 18.2. The van der Waals surface area contributed by atoms with Crippen molar-refractivity contribution in [3.63, 3.8) is 0 Å². The molecule has 3 aliphatic rings. The third-order valence-electron chi connectivity index (χ3n) is 7.02. The van der Waals surface area contributed by atoms with Gasteiger partial charge in [-0.05, 0) is 38.7 Å². The van der Waals surface area contributed by atoms with E-state index in [0.29, 0.717) is 19.0 Å². The molecular formula is C23H34N2O4. The van der Waals surface area contributed by atoms with Crippen molar-refractivity contribution in [1.82, 2.24) is 4.90 Å². The number of carbonyl (C=O) groups excluding carboxylic acids is 1. The minimum Gasteiger partial charge on any atom is -0.493 e. The summed E-state index contributed by atoms with van der Waals surface area (Å²) in [6, 6.07) is 5.59. The first-order chi connectivity index (χ1) is 13.7. The Balaban J connectivity index is 1.57. The molecule has 2 N–H and O–H groups in total. The molecule has 5 atom stereocenters. The van der Waals surface area contributed by atoms with E-state index in [4.69, 9.17) is 19.9 Å². The lowest BCUT2D eigenvalue weighted by molar-refractivity contribution is -0.189. The first kappa shape index (κ1) is 20.5. The Morgan fingerprint density at radius 2 is 2.10 bits per heavy atom. The summed E-state index contributed by atoms with van der Waals surface area (Å²) in [7, 11) is 1.67. The Labute approximate surface area is 173 Å². The van der Waals surface area contributed by atoms with Gasteiger partial charge in [0.1, 0.15) is 5.60 Å². The molecule has 6 heteroatoms. The van der Waals surface area contributed by atoms with Gasteiger partial charge in [-0.1, -0.05) is 26.0 Å². The standard InChI is InChI=1S/C23H34N2O4/c1-13(2)19(24)22(26)25-10-9-17-14(12-25)11-16-20(28-17)15-7-6-8-18(27-5)21(15)29-23(16,3)4/h6-8,13-14,16-17,19-20H,9-12,24H2,1-5H3/t14-,16+,17+,19-,20-/m1/s1. The zero-order chi connectivity index (χ0) is 20.9. The Bertz CT molecular complexity index is 778. The lowest BCUT2D eigenvalue weighted by atomic mass is 9.70. The average molecular weight is 403 g/mol. The minimum atomic E-state index is -0.433. The van der Waals surface area contributed by atoms with Crippen molar-refractivity contribution in [2.45, 2.75) is 64.4 Å². The number of likely N-dealkylation sites (tertiary alicyclic amines) is 1. The SMILES string of the molecule is COc1cccc2c1OC(C)(C)[C@H]1C[C@@H]3CN(C(=O)[C@H](N)C(C)C)CC[C@@H]3O[C@H]21. The largest absolute Gasteiger partial charge is 0.493 e. The summed E-state index contributed by atoms with van der Waals surface area (Å²) >= 11 is 0. The van der Waals surface area contributed by atoms with E-state index in [-0.39, 0.29) is 35.6 Å². The molecule has 1 aromatic carbocycles. The number of ether oxygens (including phenoxy) is 3. The average Bonchev–Trinajstić information content (AvgIpc) is 2.70. The Morgan fingerprint density at radius 3 is 2.79 bits per heavy atom. The van der Waals surface area contributed by atoms with Gasteiger partial charge in [0, 0.05) is 30.5 Å². The number of fused-ring (bicyclic) bond motifs is 4. The number of para-hydroxylation sites is 1. The van der Waals surface area contributed by atoms with Crippen LogP contribution in [0.1, 0.15) is 52.2 Å². The number of amides is 1. The number of benzene rings is 1. The van der Waals surface area contributed by atoms with Crippen molar-refractivity contribution in [3.05, 3.63) is 23.8 Å². The quantitative estimate of drug-likeness (QED) is 0.841. The summed E-state index contributed by atoms with van der Waals surface area (Å²) in [4.78, 5) is 14.7. The molecule has 6 nitrogen and oxygen atoms in total. The smallest absolute Gasteiger partial charge is 0.239 e. The molecule has 0 aromatic heterocycles. The fourth-order valence-electron chi connectivity index (χ4n) is 5.15. The van der Waals surface area contributed by atoms with Crippen molar-refractivity contribution in [2.24, 2.45) is 23.5 Å². The van der Waals surface area contributed by atoms with Crippen LogP contribution < -0.4 is 15.2 Å². The van der Waals surface area contributed by atoms with Crippen LogP contribution in [0.25, 0.3) is 0 Å². The van der Waals surface area contributed by atoms with Crippen LogP contribution in [0.2, 0.25) is 0 Å². The molecule has 0 radical (unpaired) electrons. The topological polar surface area (TPSA) is 74.0 Å². The highest BCUT2D eigenvalue weighted by atomic mass is 16.5. The predicted octanol–water partition coefficient (Wildman–Crippen LogP) is 3.14. The third kappa shape index (κ3) is 3.50. The molecule has 1 amide bonds. The zero-order valence-corrected chi connectivity index (χ0v) is 18.2. The lowest BCUT2D eigenvalue weighted by Crippen LogP contribution is -2.58. The third-order valence-corrected chi connectivity index (χ3v) is 7.02. The molecule has 4 rings (SSSR count). The molecule has 160 valence electrons. The molecular weight excluding hydrogens is 368 g/mol. The molecule has 0 aliphatic carbocycles. The maximum atomic E-state index is 12.8. The van der Waals surface area contributed by atoms with Crippen LogP contribution in [-0.4, -0.2) is 48.8 Å². The van der Waals surface area contributed by atoms with E-state index in [1.807, 2.05) is 30.9 Å². The fraction of sp³-hybridized carbons (Fsp3) is 0.696. The number of hydrogen-bond acceptors (Lipinski definition) is 5. The highest BCUT2D eigenvalue weighted by Crippen LogP contribution is 2.55. The molecule has 0 bridgehead atoms. The van der Waals surface area contributed by atoms with Crippen molar-refractivity contribution >= 4 is 5.91 Å².